The van der Waals surface area contributed by atoms with Crippen molar-refractivity contribution in [3.05, 3.63) is 58.7 Å². The van der Waals surface area contributed by atoms with Gasteiger partial charge in [0, 0.05) is 11.8 Å². The van der Waals surface area contributed by atoms with Crippen molar-refractivity contribution in [3.8, 4) is 0 Å². The molecule has 0 bridgehead atoms. The summed E-state index contributed by atoms with van der Waals surface area (Å²) in [5.41, 5.74) is 7.41. The molecule has 3 nitrogen and oxygen atoms in total. The summed E-state index contributed by atoms with van der Waals surface area (Å²) in [6, 6.07) is 6.93. The van der Waals surface area contributed by atoms with E-state index in [1.807, 2.05) is 19.9 Å². The number of rotatable bonds is 2. The summed E-state index contributed by atoms with van der Waals surface area (Å²) in [7, 11) is 0. The zero-order chi connectivity index (χ0) is 14.9. The van der Waals surface area contributed by atoms with Crippen molar-refractivity contribution < 1.29 is 13.6 Å². The number of nitrogen functional groups attached to an aromatic ring is 1. The molecule has 0 aliphatic rings. The molecule has 0 saturated carbocycles. The summed E-state index contributed by atoms with van der Waals surface area (Å²) >= 11 is 0. The lowest BCUT2D eigenvalue weighted by Gasteiger charge is -2.09. The number of carbonyl (C=O) groups is 1. The number of benzene rings is 2. The number of anilines is 2. The quantitative estimate of drug-likeness (QED) is 0.826. The molecule has 0 aliphatic carbocycles. The molecule has 20 heavy (non-hydrogen) atoms. The van der Waals surface area contributed by atoms with Crippen LogP contribution in [0.4, 0.5) is 20.2 Å². The molecule has 3 N–H and O–H groups in total. The number of halogens is 2. The molecule has 0 saturated heterocycles. The normalized spacial score (nSPS) is 10.4. The largest absolute Gasteiger partial charge is 0.396 e. The van der Waals surface area contributed by atoms with Crippen molar-refractivity contribution in [2.24, 2.45) is 0 Å². The van der Waals surface area contributed by atoms with Crippen LogP contribution in [-0.2, 0) is 0 Å². The first kappa shape index (κ1) is 14.0. The average Bonchev–Trinajstić information content (AvgIpc) is 2.38. The first-order chi connectivity index (χ1) is 9.38. The van der Waals surface area contributed by atoms with Crippen LogP contribution < -0.4 is 11.1 Å². The minimum absolute atomic E-state index is 0.267. The molecule has 1 amide bonds. The summed E-state index contributed by atoms with van der Waals surface area (Å²) in [6.45, 7) is 3.85. The molecule has 0 aliphatic heterocycles. The van der Waals surface area contributed by atoms with E-state index in [2.05, 4.69) is 5.32 Å². The zero-order valence-corrected chi connectivity index (χ0v) is 11.1. The van der Waals surface area contributed by atoms with Gasteiger partial charge in [-0.1, -0.05) is 6.07 Å². The van der Waals surface area contributed by atoms with Gasteiger partial charge in [-0.25, -0.2) is 8.78 Å². The molecule has 2 aromatic rings. The highest BCUT2D eigenvalue weighted by atomic mass is 19.1. The summed E-state index contributed by atoms with van der Waals surface area (Å²) in [5, 5.41) is 2.56. The van der Waals surface area contributed by atoms with Crippen molar-refractivity contribution in [2.75, 3.05) is 11.1 Å². The lowest BCUT2D eigenvalue weighted by Crippen LogP contribution is -2.15. The van der Waals surface area contributed by atoms with E-state index in [0.717, 1.165) is 17.2 Å². The van der Waals surface area contributed by atoms with Crippen LogP contribution in [0.15, 0.2) is 30.3 Å². The lowest BCUT2D eigenvalue weighted by molar-refractivity contribution is 0.102. The highest BCUT2D eigenvalue weighted by molar-refractivity contribution is 6.05. The predicted molar refractivity (Wildman–Crippen MR) is 74.6 cm³/mol. The van der Waals surface area contributed by atoms with E-state index < -0.39 is 17.5 Å². The van der Waals surface area contributed by atoms with Gasteiger partial charge in [-0.2, -0.15) is 0 Å². The standard InChI is InChI=1S/C15H14F2N2O/c1-8-3-4-10(5-9(8)2)19-15(20)11-6-14(18)13(17)7-12(11)16/h3-7H,18H2,1-2H3,(H,19,20). The molecule has 2 aromatic carbocycles. The SMILES string of the molecule is Cc1ccc(NC(=O)c2cc(N)c(F)cc2F)cc1C. The van der Waals surface area contributed by atoms with Crippen molar-refractivity contribution in [1.82, 2.24) is 0 Å². The van der Waals surface area contributed by atoms with E-state index in [1.165, 1.54) is 0 Å². The first-order valence-corrected chi connectivity index (χ1v) is 6.01. The smallest absolute Gasteiger partial charge is 0.258 e. The van der Waals surface area contributed by atoms with E-state index >= 15 is 0 Å². The van der Waals surface area contributed by atoms with Crippen LogP contribution in [-0.4, -0.2) is 5.91 Å². The van der Waals surface area contributed by atoms with Gasteiger partial charge in [-0.15, -0.1) is 0 Å². The average molecular weight is 276 g/mol. The zero-order valence-electron chi connectivity index (χ0n) is 11.1. The molecule has 0 unspecified atom stereocenters. The second-order valence-corrected chi connectivity index (χ2v) is 4.61. The highest BCUT2D eigenvalue weighted by Crippen LogP contribution is 2.19. The number of amides is 1. The Morgan fingerprint density at radius 2 is 1.75 bits per heavy atom. The van der Waals surface area contributed by atoms with E-state index in [4.69, 9.17) is 5.73 Å². The Hall–Kier alpha value is -2.43. The van der Waals surface area contributed by atoms with E-state index in [-0.39, 0.29) is 11.3 Å². The summed E-state index contributed by atoms with van der Waals surface area (Å²) in [5.74, 6) is -2.50. The van der Waals surface area contributed by atoms with Crippen LogP contribution in [0.25, 0.3) is 0 Å². The van der Waals surface area contributed by atoms with Gasteiger partial charge in [0.2, 0.25) is 0 Å². The molecule has 0 radical (unpaired) electrons. The second-order valence-electron chi connectivity index (χ2n) is 4.61. The molecule has 0 heterocycles. The van der Waals surface area contributed by atoms with Gasteiger partial charge < -0.3 is 11.1 Å². The number of hydrogen-bond acceptors (Lipinski definition) is 2. The third-order valence-electron chi connectivity index (χ3n) is 3.10. The maximum absolute atomic E-state index is 13.6. The van der Waals surface area contributed by atoms with Crippen LogP contribution in [0.1, 0.15) is 21.5 Å². The van der Waals surface area contributed by atoms with Crippen LogP contribution in [0.3, 0.4) is 0 Å². The van der Waals surface area contributed by atoms with Crippen LogP contribution in [0, 0.1) is 25.5 Å². The molecular weight excluding hydrogens is 262 g/mol. The van der Waals surface area contributed by atoms with Gasteiger partial charge in [-0.05, 0) is 43.2 Å². The number of aryl methyl sites for hydroxylation is 2. The van der Waals surface area contributed by atoms with Gasteiger partial charge in [0.1, 0.15) is 11.6 Å². The monoisotopic (exact) mass is 276 g/mol. The number of hydrogen-bond donors (Lipinski definition) is 2. The topological polar surface area (TPSA) is 55.1 Å². The summed E-state index contributed by atoms with van der Waals surface area (Å²) in [6.07, 6.45) is 0. The number of nitrogens with two attached hydrogens (primary N) is 1. The van der Waals surface area contributed by atoms with E-state index in [0.29, 0.717) is 11.8 Å². The Morgan fingerprint density at radius 1 is 1.05 bits per heavy atom. The molecule has 0 fully saturated rings. The maximum Gasteiger partial charge on any atom is 0.258 e. The van der Waals surface area contributed by atoms with Gasteiger partial charge >= 0.3 is 0 Å². The predicted octanol–water partition coefficient (Wildman–Crippen LogP) is 3.42. The summed E-state index contributed by atoms with van der Waals surface area (Å²) in [4.78, 5) is 12.0. The van der Waals surface area contributed by atoms with Crippen molar-refractivity contribution in [3.63, 3.8) is 0 Å². The van der Waals surface area contributed by atoms with Gasteiger partial charge in [0.05, 0.1) is 11.3 Å². The molecule has 2 rings (SSSR count). The van der Waals surface area contributed by atoms with Crippen molar-refractivity contribution >= 4 is 17.3 Å². The minimum atomic E-state index is -0.946. The van der Waals surface area contributed by atoms with Crippen LogP contribution in [0.5, 0.6) is 0 Å². The fourth-order valence-corrected chi connectivity index (χ4v) is 1.76. The van der Waals surface area contributed by atoms with E-state index in [9.17, 15) is 13.6 Å². The lowest BCUT2D eigenvalue weighted by atomic mass is 10.1. The number of carbonyl (C=O) groups excluding carboxylic acids is 1. The Bertz CT molecular complexity index is 684. The second kappa shape index (κ2) is 5.28. The highest BCUT2D eigenvalue weighted by Gasteiger charge is 2.15. The molecule has 104 valence electrons. The fraction of sp³-hybridized carbons (Fsp3) is 0.133. The van der Waals surface area contributed by atoms with Gasteiger partial charge in [0.15, 0.2) is 0 Å². The maximum atomic E-state index is 13.6. The Kier molecular flexibility index (Phi) is 3.70. The van der Waals surface area contributed by atoms with Gasteiger partial charge in [0.25, 0.3) is 5.91 Å². The first-order valence-electron chi connectivity index (χ1n) is 6.01. The van der Waals surface area contributed by atoms with Crippen molar-refractivity contribution in [2.45, 2.75) is 13.8 Å². The Balaban J connectivity index is 2.28. The fourth-order valence-electron chi connectivity index (χ4n) is 1.76. The Morgan fingerprint density at radius 3 is 2.40 bits per heavy atom. The molecule has 5 heteroatoms. The Labute approximate surface area is 115 Å². The summed E-state index contributed by atoms with van der Waals surface area (Å²) < 4.78 is 26.6. The van der Waals surface area contributed by atoms with E-state index in [1.54, 1.807) is 12.1 Å². The molecule has 0 atom stereocenters. The minimum Gasteiger partial charge on any atom is -0.396 e. The molecular formula is C15H14F2N2O. The molecule has 0 aromatic heterocycles. The third kappa shape index (κ3) is 2.77. The number of nitrogens with one attached hydrogen (secondary N) is 1. The third-order valence-corrected chi connectivity index (χ3v) is 3.10. The van der Waals surface area contributed by atoms with Crippen LogP contribution >= 0.6 is 0 Å². The van der Waals surface area contributed by atoms with Crippen molar-refractivity contribution in [1.29, 1.82) is 0 Å². The molecule has 0 spiro atoms. The van der Waals surface area contributed by atoms with Crippen LogP contribution in [0.2, 0.25) is 0 Å². The van der Waals surface area contributed by atoms with Gasteiger partial charge in [-0.3, -0.25) is 4.79 Å².